The number of amides is 4. The number of nitrogens with one attached hydrogen (secondary N) is 4. The Morgan fingerprint density at radius 2 is 1.45 bits per heavy atom. The largest absolute Gasteiger partial charge is 0.351 e. The highest BCUT2D eigenvalue weighted by Gasteiger charge is 2.22. The fourth-order valence-electron chi connectivity index (χ4n) is 2.26. The van der Waals surface area contributed by atoms with Crippen LogP contribution in [0.1, 0.15) is 39.0 Å². The smallest absolute Gasteiger partial charge is 0.322 e. The molecule has 4 amide bonds. The normalized spacial score (nSPS) is 10.7. The minimum absolute atomic E-state index is 0.199. The summed E-state index contributed by atoms with van der Waals surface area (Å²) < 4.78 is 25.7. The van der Waals surface area contributed by atoms with Gasteiger partial charge in [-0.2, -0.15) is 0 Å². The van der Waals surface area contributed by atoms with Crippen LogP contribution in [0.3, 0.4) is 0 Å². The van der Waals surface area contributed by atoms with Crippen molar-refractivity contribution in [1.82, 2.24) is 15.4 Å². The van der Waals surface area contributed by atoms with E-state index in [2.05, 4.69) is 17.6 Å². The Balaban J connectivity index is 2.56. The molecule has 11 heteroatoms. The van der Waals surface area contributed by atoms with Crippen LogP contribution in [0, 0.1) is 0 Å². The van der Waals surface area contributed by atoms with E-state index in [9.17, 15) is 27.6 Å². The molecule has 0 bridgehead atoms. The molecule has 0 aromatic heterocycles. The second-order valence-electron chi connectivity index (χ2n) is 6.16. The van der Waals surface area contributed by atoms with Gasteiger partial charge in [-0.15, -0.1) is 0 Å². The summed E-state index contributed by atoms with van der Waals surface area (Å²) in [5, 5.41) is 6.88. The molecule has 0 radical (unpaired) electrons. The van der Waals surface area contributed by atoms with Gasteiger partial charge in [0.1, 0.15) is 0 Å². The van der Waals surface area contributed by atoms with E-state index in [0.717, 1.165) is 44.2 Å². The monoisotopic (exact) mass is 426 g/mol. The Morgan fingerprint density at radius 1 is 0.828 bits per heavy atom. The van der Waals surface area contributed by atoms with Crippen molar-refractivity contribution in [2.24, 2.45) is 0 Å². The third-order valence-corrected chi connectivity index (χ3v) is 5.20. The summed E-state index contributed by atoms with van der Waals surface area (Å²) in [7, 11) is -3.06. The minimum atomic E-state index is -4.25. The molecular formula is C18H26N4O6S. The average Bonchev–Trinajstić information content (AvgIpc) is 2.69. The third kappa shape index (κ3) is 8.30. The summed E-state index contributed by atoms with van der Waals surface area (Å²) >= 11 is 0. The molecule has 0 saturated heterocycles. The number of hydrogen-bond donors (Lipinski definition) is 4. The first-order valence-corrected chi connectivity index (χ1v) is 10.7. The molecule has 1 rings (SSSR count). The molecule has 29 heavy (non-hydrogen) atoms. The first-order chi connectivity index (χ1) is 13.7. The van der Waals surface area contributed by atoms with E-state index in [1.165, 1.54) is 19.2 Å². The second-order valence-corrected chi connectivity index (χ2v) is 7.84. The summed E-state index contributed by atoms with van der Waals surface area (Å²) in [6, 6.07) is 4.77. The Kier molecular flexibility index (Phi) is 9.80. The predicted molar refractivity (Wildman–Crippen MR) is 106 cm³/mol. The van der Waals surface area contributed by atoms with Crippen LogP contribution in [0.4, 0.5) is 5.69 Å². The van der Waals surface area contributed by atoms with Crippen molar-refractivity contribution >= 4 is 39.3 Å². The lowest BCUT2D eigenvalue weighted by Gasteiger charge is -2.09. The number of unbranched alkanes of at least 4 members (excludes halogenated alkanes) is 4. The molecule has 0 spiro atoms. The van der Waals surface area contributed by atoms with Gasteiger partial charge in [0.25, 0.3) is 10.0 Å². The average molecular weight is 426 g/mol. The fraction of sp³-hybridized carbons (Fsp3) is 0.444. The first kappa shape index (κ1) is 24.1. The van der Waals surface area contributed by atoms with Gasteiger partial charge in [-0.1, -0.05) is 32.6 Å². The molecule has 0 aliphatic heterocycles. The van der Waals surface area contributed by atoms with Crippen LogP contribution in [0.25, 0.3) is 0 Å². The minimum Gasteiger partial charge on any atom is -0.351 e. The first-order valence-electron chi connectivity index (χ1n) is 9.19. The number of likely N-dealkylation sites (N-methyl/N-ethyl adjacent to an activating group) is 1. The van der Waals surface area contributed by atoms with E-state index < -0.39 is 33.7 Å². The Hall–Kier alpha value is -2.95. The zero-order valence-corrected chi connectivity index (χ0v) is 17.2. The van der Waals surface area contributed by atoms with Crippen LogP contribution in [0.15, 0.2) is 29.2 Å². The maximum atomic E-state index is 12.1. The summed E-state index contributed by atoms with van der Waals surface area (Å²) in [4.78, 5) is 45.9. The maximum absolute atomic E-state index is 12.1. The summed E-state index contributed by atoms with van der Waals surface area (Å²) in [6.45, 7) is 2.51. The standard InChI is InChI=1S/C18H26N4O6S/c1-3-4-5-6-7-12-20-16(24)17(25)21-13-8-10-14(11-9-13)29(27,28)22-18(26)15(23)19-2/h8-11H,3-7,12H2,1-2H3,(H,19,23)(H,20,24)(H,21,25)(H,22,26). The molecule has 1 aromatic rings. The number of sulfonamides is 1. The van der Waals surface area contributed by atoms with Crippen molar-refractivity contribution in [2.75, 3.05) is 18.9 Å². The third-order valence-electron chi connectivity index (χ3n) is 3.85. The number of carbonyl (C=O) groups is 4. The van der Waals surface area contributed by atoms with Crippen molar-refractivity contribution in [1.29, 1.82) is 0 Å². The number of rotatable bonds is 9. The quantitative estimate of drug-likeness (QED) is 0.329. The number of hydrogen-bond acceptors (Lipinski definition) is 6. The molecule has 0 aliphatic rings. The zero-order valence-electron chi connectivity index (χ0n) is 16.4. The highest BCUT2D eigenvalue weighted by molar-refractivity contribution is 7.90. The molecule has 1 aromatic carbocycles. The second kappa shape index (κ2) is 11.8. The summed E-state index contributed by atoms with van der Waals surface area (Å²) in [5.74, 6) is -4.08. The Bertz CT molecular complexity index is 836. The Morgan fingerprint density at radius 3 is 2.03 bits per heavy atom. The predicted octanol–water partition coefficient (Wildman–Crippen LogP) is 0.263. The van der Waals surface area contributed by atoms with Crippen LogP contribution in [-0.4, -0.2) is 45.6 Å². The molecule has 0 atom stereocenters. The van der Waals surface area contributed by atoms with Crippen LogP contribution in [-0.2, 0) is 29.2 Å². The van der Waals surface area contributed by atoms with Gasteiger partial charge in [-0.25, -0.2) is 13.1 Å². The topological polar surface area (TPSA) is 151 Å². The van der Waals surface area contributed by atoms with Gasteiger partial charge in [-0.3, -0.25) is 19.2 Å². The number of anilines is 1. The van der Waals surface area contributed by atoms with Gasteiger partial charge >= 0.3 is 23.6 Å². The fourth-order valence-corrected chi connectivity index (χ4v) is 3.21. The summed E-state index contributed by atoms with van der Waals surface area (Å²) in [6.07, 6.45) is 5.10. The lowest BCUT2D eigenvalue weighted by molar-refractivity contribution is -0.137. The van der Waals surface area contributed by atoms with Crippen LogP contribution >= 0.6 is 0 Å². The van der Waals surface area contributed by atoms with Crippen molar-refractivity contribution in [3.8, 4) is 0 Å². The maximum Gasteiger partial charge on any atom is 0.322 e. The highest BCUT2D eigenvalue weighted by atomic mass is 32.2. The van der Waals surface area contributed by atoms with E-state index >= 15 is 0 Å². The van der Waals surface area contributed by atoms with Crippen molar-refractivity contribution in [2.45, 2.75) is 43.9 Å². The van der Waals surface area contributed by atoms with Gasteiger partial charge in [0.05, 0.1) is 4.90 Å². The van der Waals surface area contributed by atoms with Crippen molar-refractivity contribution in [3.63, 3.8) is 0 Å². The van der Waals surface area contributed by atoms with Gasteiger partial charge in [0.2, 0.25) is 0 Å². The Labute approximate surface area is 169 Å². The SMILES string of the molecule is CCCCCCCNC(=O)C(=O)Nc1ccc(S(=O)(=O)NC(=O)C(=O)NC)cc1. The zero-order chi connectivity index (χ0) is 21.9. The van der Waals surface area contributed by atoms with Crippen LogP contribution in [0.5, 0.6) is 0 Å². The number of carbonyl (C=O) groups excluding carboxylic acids is 4. The van der Waals surface area contributed by atoms with Gasteiger partial charge in [0, 0.05) is 19.3 Å². The lowest BCUT2D eigenvalue weighted by Crippen LogP contribution is -2.41. The molecule has 0 unspecified atom stereocenters. The molecule has 4 N–H and O–H groups in total. The lowest BCUT2D eigenvalue weighted by atomic mass is 10.1. The van der Waals surface area contributed by atoms with E-state index in [1.807, 2.05) is 5.32 Å². The van der Waals surface area contributed by atoms with Crippen LogP contribution < -0.4 is 20.7 Å². The van der Waals surface area contributed by atoms with Crippen LogP contribution in [0.2, 0.25) is 0 Å². The molecule has 160 valence electrons. The summed E-state index contributed by atoms with van der Waals surface area (Å²) in [5.41, 5.74) is 0.199. The molecule has 0 heterocycles. The van der Waals surface area contributed by atoms with Gasteiger partial charge < -0.3 is 16.0 Å². The van der Waals surface area contributed by atoms with E-state index in [4.69, 9.17) is 0 Å². The van der Waals surface area contributed by atoms with Crippen molar-refractivity contribution in [3.05, 3.63) is 24.3 Å². The van der Waals surface area contributed by atoms with E-state index in [1.54, 1.807) is 4.72 Å². The van der Waals surface area contributed by atoms with E-state index in [0.29, 0.717) is 6.54 Å². The highest BCUT2D eigenvalue weighted by Crippen LogP contribution is 2.14. The van der Waals surface area contributed by atoms with Gasteiger partial charge in [0.15, 0.2) is 0 Å². The number of benzene rings is 1. The molecule has 0 saturated carbocycles. The van der Waals surface area contributed by atoms with Crippen molar-refractivity contribution < 1.29 is 27.6 Å². The molecule has 0 aliphatic carbocycles. The molecule has 0 fully saturated rings. The van der Waals surface area contributed by atoms with E-state index in [-0.39, 0.29) is 10.6 Å². The molecule has 10 nitrogen and oxygen atoms in total. The molecular weight excluding hydrogens is 400 g/mol. The van der Waals surface area contributed by atoms with Gasteiger partial charge in [-0.05, 0) is 30.7 Å².